The lowest BCUT2D eigenvalue weighted by Gasteiger charge is -2.20. The first-order valence-corrected chi connectivity index (χ1v) is 8.12. The van der Waals surface area contributed by atoms with Crippen LogP contribution in [0.2, 0.25) is 10.0 Å². The van der Waals surface area contributed by atoms with E-state index >= 15 is 0 Å². The lowest BCUT2D eigenvalue weighted by atomic mass is 10.1. The molecule has 1 aromatic carbocycles. The van der Waals surface area contributed by atoms with Crippen molar-refractivity contribution in [2.24, 2.45) is 0 Å². The Bertz CT molecular complexity index is 581. The zero-order valence-electron chi connectivity index (χ0n) is 12.4. The molecule has 5 heteroatoms. The summed E-state index contributed by atoms with van der Waals surface area (Å²) in [6.07, 6.45) is 6.01. The Hall–Kier alpha value is -1.03. The van der Waals surface area contributed by atoms with Gasteiger partial charge in [0.2, 0.25) is 0 Å². The van der Waals surface area contributed by atoms with Crippen LogP contribution < -0.4 is 5.32 Å². The van der Waals surface area contributed by atoms with Crippen molar-refractivity contribution in [2.75, 3.05) is 6.54 Å². The van der Waals surface area contributed by atoms with Gasteiger partial charge in [0, 0.05) is 18.9 Å². The predicted molar refractivity (Wildman–Crippen MR) is 89.1 cm³/mol. The van der Waals surface area contributed by atoms with Crippen LogP contribution in [0.1, 0.15) is 44.1 Å². The van der Waals surface area contributed by atoms with Gasteiger partial charge >= 0.3 is 0 Å². The number of nitrogens with zero attached hydrogens (tertiary/aromatic N) is 2. The zero-order valence-corrected chi connectivity index (χ0v) is 14.0. The highest BCUT2D eigenvalue weighted by molar-refractivity contribution is 6.42. The fraction of sp³-hybridized carbons (Fsp3) is 0.438. The van der Waals surface area contributed by atoms with E-state index in [0.29, 0.717) is 10.0 Å². The quantitative estimate of drug-likeness (QED) is 0.800. The Labute approximate surface area is 136 Å². The number of hydrogen-bond acceptors (Lipinski definition) is 2. The first-order valence-electron chi connectivity index (χ1n) is 7.36. The Morgan fingerprint density at radius 1 is 1.19 bits per heavy atom. The molecule has 1 unspecified atom stereocenters. The summed E-state index contributed by atoms with van der Waals surface area (Å²) in [6.45, 7) is 6.19. The third-order valence-corrected chi connectivity index (χ3v) is 4.08. The highest BCUT2D eigenvalue weighted by atomic mass is 35.5. The van der Waals surface area contributed by atoms with E-state index in [4.69, 9.17) is 23.2 Å². The van der Waals surface area contributed by atoms with Crippen LogP contribution in [-0.4, -0.2) is 16.1 Å². The van der Waals surface area contributed by atoms with Gasteiger partial charge in [0.25, 0.3) is 0 Å². The fourth-order valence-electron chi connectivity index (χ4n) is 2.35. The molecule has 2 aromatic rings. The maximum Gasteiger partial charge on any atom is 0.130 e. The van der Waals surface area contributed by atoms with E-state index in [1.807, 2.05) is 30.6 Å². The number of benzene rings is 1. The summed E-state index contributed by atoms with van der Waals surface area (Å²) in [5.41, 5.74) is 1.08. The number of imidazole rings is 1. The first kappa shape index (κ1) is 16.3. The molecule has 0 aliphatic rings. The Balaban J connectivity index is 2.37. The van der Waals surface area contributed by atoms with Gasteiger partial charge in [0.15, 0.2) is 0 Å². The van der Waals surface area contributed by atoms with Gasteiger partial charge in [-0.3, -0.25) is 0 Å². The van der Waals surface area contributed by atoms with Crippen molar-refractivity contribution in [1.82, 2.24) is 14.9 Å². The van der Waals surface area contributed by atoms with Crippen LogP contribution in [0.25, 0.3) is 0 Å². The van der Waals surface area contributed by atoms with Gasteiger partial charge in [0.1, 0.15) is 5.82 Å². The molecule has 0 saturated carbocycles. The van der Waals surface area contributed by atoms with E-state index in [1.165, 1.54) is 0 Å². The second kappa shape index (κ2) is 7.83. The van der Waals surface area contributed by atoms with E-state index in [2.05, 4.69) is 28.7 Å². The number of rotatable bonds is 7. The minimum atomic E-state index is 0.0290. The monoisotopic (exact) mass is 325 g/mol. The first-order chi connectivity index (χ1) is 10.2. The van der Waals surface area contributed by atoms with Crippen molar-refractivity contribution in [2.45, 2.75) is 39.3 Å². The minimum Gasteiger partial charge on any atom is -0.333 e. The van der Waals surface area contributed by atoms with Crippen LogP contribution in [0.5, 0.6) is 0 Å². The molecule has 3 nitrogen and oxygen atoms in total. The second-order valence-corrected chi connectivity index (χ2v) is 5.85. The molecule has 0 spiro atoms. The largest absolute Gasteiger partial charge is 0.333 e. The number of aryl methyl sites for hydroxylation is 1. The summed E-state index contributed by atoms with van der Waals surface area (Å²) >= 11 is 12.2. The van der Waals surface area contributed by atoms with Crippen LogP contribution in [0.3, 0.4) is 0 Å². The SMILES string of the molecule is CCCNC(c1ccc(Cl)c(Cl)c1)c1nccn1CCC. The summed E-state index contributed by atoms with van der Waals surface area (Å²) in [6, 6.07) is 5.79. The number of halogens is 2. The van der Waals surface area contributed by atoms with Gasteiger partial charge in [-0.25, -0.2) is 4.98 Å². The highest BCUT2D eigenvalue weighted by Crippen LogP contribution is 2.28. The van der Waals surface area contributed by atoms with Crippen molar-refractivity contribution in [3.63, 3.8) is 0 Å². The van der Waals surface area contributed by atoms with Crippen molar-refractivity contribution < 1.29 is 0 Å². The van der Waals surface area contributed by atoms with E-state index < -0.39 is 0 Å². The van der Waals surface area contributed by atoms with Crippen LogP contribution in [0.4, 0.5) is 0 Å². The molecule has 1 heterocycles. The average Bonchev–Trinajstić information content (AvgIpc) is 2.92. The number of nitrogens with one attached hydrogen (secondary N) is 1. The molecule has 1 aromatic heterocycles. The zero-order chi connectivity index (χ0) is 15.2. The lowest BCUT2D eigenvalue weighted by Crippen LogP contribution is -2.26. The van der Waals surface area contributed by atoms with Gasteiger partial charge in [-0.2, -0.15) is 0 Å². The van der Waals surface area contributed by atoms with Crippen molar-refractivity contribution in [3.05, 3.63) is 52.0 Å². The van der Waals surface area contributed by atoms with E-state index in [9.17, 15) is 0 Å². The van der Waals surface area contributed by atoms with E-state index in [1.54, 1.807) is 0 Å². The standard InChI is InChI=1S/C16H21Cl2N3/c1-3-7-19-15(12-5-6-13(17)14(18)11-12)16-20-8-10-21(16)9-4-2/h5-6,8,10-11,15,19H,3-4,7,9H2,1-2H3. The maximum absolute atomic E-state index is 6.17. The van der Waals surface area contributed by atoms with E-state index in [0.717, 1.165) is 37.3 Å². The topological polar surface area (TPSA) is 29.9 Å². The Morgan fingerprint density at radius 3 is 2.67 bits per heavy atom. The Kier molecular flexibility index (Phi) is 6.09. The molecule has 1 N–H and O–H groups in total. The third-order valence-electron chi connectivity index (χ3n) is 3.35. The van der Waals surface area contributed by atoms with Gasteiger partial charge in [0.05, 0.1) is 16.1 Å². The van der Waals surface area contributed by atoms with Gasteiger partial charge in [-0.05, 0) is 37.1 Å². The smallest absolute Gasteiger partial charge is 0.130 e. The normalized spacial score (nSPS) is 12.6. The number of aromatic nitrogens is 2. The van der Waals surface area contributed by atoms with Crippen molar-refractivity contribution in [3.8, 4) is 0 Å². The average molecular weight is 326 g/mol. The van der Waals surface area contributed by atoms with Crippen LogP contribution in [0.15, 0.2) is 30.6 Å². The summed E-state index contributed by atoms with van der Waals surface area (Å²) in [7, 11) is 0. The molecule has 2 rings (SSSR count). The van der Waals surface area contributed by atoms with Crippen LogP contribution in [0, 0.1) is 0 Å². The molecule has 0 aliphatic carbocycles. The van der Waals surface area contributed by atoms with Crippen molar-refractivity contribution >= 4 is 23.2 Å². The summed E-state index contributed by atoms with van der Waals surface area (Å²) < 4.78 is 2.19. The number of hydrogen-bond donors (Lipinski definition) is 1. The molecule has 114 valence electrons. The van der Waals surface area contributed by atoms with Crippen molar-refractivity contribution in [1.29, 1.82) is 0 Å². The predicted octanol–water partition coefficient (Wildman–Crippen LogP) is 4.69. The van der Waals surface area contributed by atoms with Crippen LogP contribution >= 0.6 is 23.2 Å². The lowest BCUT2D eigenvalue weighted by molar-refractivity contribution is 0.530. The van der Waals surface area contributed by atoms with Gasteiger partial charge < -0.3 is 9.88 Å². The molecule has 0 bridgehead atoms. The summed E-state index contributed by atoms with van der Waals surface area (Å²) in [5.74, 6) is 1.02. The maximum atomic E-state index is 6.17. The highest BCUT2D eigenvalue weighted by Gasteiger charge is 2.19. The molecule has 0 fully saturated rings. The molecule has 1 atom stereocenters. The molecular formula is C16H21Cl2N3. The van der Waals surface area contributed by atoms with Crippen LogP contribution in [-0.2, 0) is 6.54 Å². The Morgan fingerprint density at radius 2 is 2.00 bits per heavy atom. The minimum absolute atomic E-state index is 0.0290. The summed E-state index contributed by atoms with van der Waals surface area (Å²) in [4.78, 5) is 4.54. The van der Waals surface area contributed by atoms with E-state index in [-0.39, 0.29) is 6.04 Å². The van der Waals surface area contributed by atoms with Gasteiger partial charge in [-0.1, -0.05) is 43.1 Å². The fourth-order valence-corrected chi connectivity index (χ4v) is 2.66. The van der Waals surface area contributed by atoms with Gasteiger partial charge in [-0.15, -0.1) is 0 Å². The molecule has 0 radical (unpaired) electrons. The molecule has 0 saturated heterocycles. The molecule has 21 heavy (non-hydrogen) atoms. The summed E-state index contributed by atoms with van der Waals surface area (Å²) in [5, 5.41) is 4.70. The molecule has 0 amide bonds. The molecular weight excluding hydrogens is 305 g/mol. The molecule has 0 aliphatic heterocycles. The second-order valence-electron chi connectivity index (χ2n) is 5.04. The third kappa shape index (κ3) is 4.00.